The maximum atomic E-state index is 13.4. The normalized spacial score (nSPS) is 14.3. The van der Waals surface area contributed by atoms with Gasteiger partial charge in [0.05, 0.1) is 37.9 Å². The molecule has 0 unspecified atom stereocenters. The zero-order valence-electron chi connectivity index (χ0n) is 22.6. The lowest BCUT2D eigenvalue weighted by Gasteiger charge is -2.28. The average Bonchev–Trinajstić information content (AvgIpc) is 3.38. The van der Waals surface area contributed by atoms with Crippen molar-refractivity contribution in [2.75, 3.05) is 45.3 Å². The summed E-state index contributed by atoms with van der Waals surface area (Å²) < 4.78 is 12.7. The summed E-state index contributed by atoms with van der Waals surface area (Å²) in [5, 5.41) is 19.8. The number of aryl methyl sites for hydroxylation is 1. The average molecular weight is 522 g/mol. The Labute approximate surface area is 222 Å². The van der Waals surface area contributed by atoms with E-state index >= 15 is 0 Å². The van der Waals surface area contributed by atoms with Gasteiger partial charge in [0.2, 0.25) is 0 Å². The minimum absolute atomic E-state index is 0.133. The number of carbonyl (C=O) groups is 2. The van der Waals surface area contributed by atoms with Gasteiger partial charge in [-0.05, 0) is 53.6 Å². The van der Waals surface area contributed by atoms with E-state index in [0.717, 1.165) is 56.0 Å². The van der Waals surface area contributed by atoms with Gasteiger partial charge in [0.25, 0.3) is 5.91 Å². The topological polar surface area (TPSA) is 119 Å². The highest BCUT2D eigenvalue weighted by molar-refractivity contribution is 6.05. The fourth-order valence-electron chi connectivity index (χ4n) is 4.42. The van der Waals surface area contributed by atoms with Gasteiger partial charge >= 0.3 is 5.97 Å². The third-order valence-corrected chi connectivity index (χ3v) is 6.72. The number of aromatic carboxylic acids is 1. The van der Waals surface area contributed by atoms with Crippen molar-refractivity contribution in [3.8, 4) is 11.4 Å². The largest absolute Gasteiger partial charge is 0.494 e. The second-order valence-corrected chi connectivity index (χ2v) is 10.5. The SMILES string of the molecule is COc1c(CCN2CCOCC2)cc(C(C)(C)C)cc1NC(=O)c1ccc(C)c(-n2cc(C(=O)O)nn2)c1. The van der Waals surface area contributed by atoms with E-state index in [4.69, 9.17) is 9.47 Å². The molecule has 0 aliphatic carbocycles. The Bertz CT molecular complexity index is 1320. The first-order valence-corrected chi connectivity index (χ1v) is 12.7. The quantitative estimate of drug-likeness (QED) is 0.461. The Hall–Kier alpha value is -3.76. The molecule has 1 aliphatic rings. The van der Waals surface area contributed by atoms with Crippen LogP contribution in [0.5, 0.6) is 5.75 Å². The van der Waals surface area contributed by atoms with Crippen LogP contribution >= 0.6 is 0 Å². The van der Waals surface area contributed by atoms with Gasteiger partial charge in [-0.1, -0.05) is 38.1 Å². The van der Waals surface area contributed by atoms with E-state index in [1.807, 2.05) is 13.0 Å². The Morgan fingerprint density at radius 2 is 1.89 bits per heavy atom. The molecule has 4 rings (SSSR count). The molecule has 1 aliphatic heterocycles. The number of hydrogen-bond acceptors (Lipinski definition) is 7. The molecule has 1 fully saturated rings. The molecule has 0 saturated carbocycles. The van der Waals surface area contributed by atoms with Crippen molar-refractivity contribution in [2.45, 2.75) is 39.5 Å². The van der Waals surface area contributed by atoms with E-state index in [1.54, 1.807) is 25.3 Å². The summed E-state index contributed by atoms with van der Waals surface area (Å²) >= 11 is 0. The molecule has 10 nitrogen and oxygen atoms in total. The van der Waals surface area contributed by atoms with Crippen molar-refractivity contribution in [3.05, 3.63) is 64.5 Å². The summed E-state index contributed by atoms with van der Waals surface area (Å²) in [4.78, 5) is 27.0. The molecule has 38 heavy (non-hydrogen) atoms. The number of aromatic nitrogens is 3. The Kier molecular flexibility index (Phi) is 8.13. The number of anilines is 1. The number of morpholine rings is 1. The second kappa shape index (κ2) is 11.3. The maximum Gasteiger partial charge on any atom is 0.358 e. The number of hydrogen-bond donors (Lipinski definition) is 2. The summed E-state index contributed by atoms with van der Waals surface area (Å²) in [5.74, 6) is -0.833. The zero-order chi connectivity index (χ0) is 27.4. The molecule has 2 N–H and O–H groups in total. The van der Waals surface area contributed by atoms with Gasteiger partial charge in [-0.2, -0.15) is 0 Å². The number of nitrogens with zero attached hydrogens (tertiary/aromatic N) is 4. The van der Waals surface area contributed by atoms with Crippen LogP contribution in [0.15, 0.2) is 36.5 Å². The van der Waals surface area contributed by atoms with E-state index < -0.39 is 5.97 Å². The third kappa shape index (κ3) is 6.20. The summed E-state index contributed by atoms with van der Waals surface area (Å²) in [6.45, 7) is 12.4. The molecule has 1 aromatic heterocycles. The highest BCUT2D eigenvalue weighted by atomic mass is 16.5. The molecule has 0 radical (unpaired) electrons. The molecule has 0 bridgehead atoms. The smallest absolute Gasteiger partial charge is 0.358 e. The number of carboxylic acids is 1. The molecular weight excluding hydrogens is 486 g/mol. The van der Waals surface area contributed by atoms with E-state index in [9.17, 15) is 14.7 Å². The second-order valence-electron chi connectivity index (χ2n) is 10.5. The standard InChI is InChI=1S/C28H35N5O5/c1-18-6-7-20(15-24(18)33-17-23(27(35)36)30-31-33)26(34)29-22-16-21(28(2,3)4)14-19(25(22)37-5)8-9-32-10-12-38-13-11-32/h6-7,14-17H,8-13H2,1-5H3,(H,29,34)(H,35,36). The number of ether oxygens (including phenoxy) is 2. The molecule has 0 atom stereocenters. The Balaban J connectivity index is 1.64. The Morgan fingerprint density at radius 1 is 1.16 bits per heavy atom. The fraction of sp³-hybridized carbons (Fsp3) is 0.429. The summed E-state index contributed by atoms with van der Waals surface area (Å²) in [6, 6.07) is 9.33. The van der Waals surface area contributed by atoms with Crippen LogP contribution in [-0.4, -0.2) is 76.8 Å². The molecule has 0 spiro atoms. The molecule has 202 valence electrons. The maximum absolute atomic E-state index is 13.4. The molecule has 1 saturated heterocycles. The first-order chi connectivity index (χ1) is 18.1. The van der Waals surface area contributed by atoms with Crippen LogP contribution in [0.2, 0.25) is 0 Å². The van der Waals surface area contributed by atoms with Crippen LogP contribution in [0, 0.1) is 6.92 Å². The third-order valence-electron chi connectivity index (χ3n) is 6.72. The van der Waals surface area contributed by atoms with Crippen molar-refractivity contribution >= 4 is 17.6 Å². The lowest BCUT2D eigenvalue weighted by atomic mass is 9.85. The first kappa shape index (κ1) is 27.3. The van der Waals surface area contributed by atoms with E-state index in [1.165, 1.54) is 10.9 Å². The van der Waals surface area contributed by atoms with Crippen LogP contribution < -0.4 is 10.1 Å². The minimum atomic E-state index is -1.17. The number of carboxylic acid groups (broad SMARTS) is 1. The zero-order valence-corrected chi connectivity index (χ0v) is 22.6. The molecule has 2 aromatic carbocycles. The molecule has 10 heteroatoms. The van der Waals surface area contributed by atoms with Gasteiger partial charge in [-0.15, -0.1) is 5.10 Å². The predicted octanol–water partition coefficient (Wildman–Crippen LogP) is 3.71. The summed E-state index contributed by atoms with van der Waals surface area (Å²) in [6.07, 6.45) is 2.10. The minimum Gasteiger partial charge on any atom is -0.494 e. The van der Waals surface area contributed by atoms with Gasteiger partial charge in [0.15, 0.2) is 5.69 Å². The van der Waals surface area contributed by atoms with Gasteiger partial charge in [-0.3, -0.25) is 9.69 Å². The summed E-state index contributed by atoms with van der Waals surface area (Å²) in [7, 11) is 1.62. The number of benzene rings is 2. The lowest BCUT2D eigenvalue weighted by molar-refractivity contribution is 0.0384. The monoisotopic (exact) mass is 521 g/mol. The first-order valence-electron chi connectivity index (χ1n) is 12.7. The van der Waals surface area contributed by atoms with Gasteiger partial charge in [0, 0.05) is 25.2 Å². The number of carbonyl (C=O) groups excluding carboxylic acids is 1. The van der Waals surface area contributed by atoms with Crippen LogP contribution in [-0.2, 0) is 16.6 Å². The molecule has 1 amide bonds. The van der Waals surface area contributed by atoms with Crippen molar-refractivity contribution in [3.63, 3.8) is 0 Å². The van der Waals surface area contributed by atoms with Crippen molar-refractivity contribution in [2.24, 2.45) is 0 Å². The fourth-order valence-corrected chi connectivity index (χ4v) is 4.42. The van der Waals surface area contributed by atoms with E-state index in [2.05, 4.69) is 47.4 Å². The Morgan fingerprint density at radius 3 is 2.53 bits per heavy atom. The van der Waals surface area contributed by atoms with Crippen LogP contribution in [0.3, 0.4) is 0 Å². The van der Waals surface area contributed by atoms with E-state index in [-0.39, 0.29) is 17.0 Å². The van der Waals surface area contributed by atoms with Crippen molar-refractivity contribution in [1.82, 2.24) is 19.9 Å². The predicted molar refractivity (Wildman–Crippen MR) is 144 cm³/mol. The van der Waals surface area contributed by atoms with Crippen molar-refractivity contribution in [1.29, 1.82) is 0 Å². The molecule has 3 aromatic rings. The van der Waals surface area contributed by atoms with Crippen LogP contribution in [0.25, 0.3) is 5.69 Å². The number of methoxy groups -OCH3 is 1. The highest BCUT2D eigenvalue weighted by Gasteiger charge is 2.22. The van der Waals surface area contributed by atoms with Crippen LogP contribution in [0.1, 0.15) is 58.3 Å². The highest BCUT2D eigenvalue weighted by Crippen LogP contribution is 2.36. The van der Waals surface area contributed by atoms with Gasteiger partial charge in [-0.25, -0.2) is 9.48 Å². The summed E-state index contributed by atoms with van der Waals surface area (Å²) in [5.41, 5.74) is 4.22. The molecule has 2 heterocycles. The van der Waals surface area contributed by atoms with Gasteiger partial charge < -0.3 is 19.9 Å². The van der Waals surface area contributed by atoms with Crippen molar-refractivity contribution < 1.29 is 24.2 Å². The lowest BCUT2D eigenvalue weighted by Crippen LogP contribution is -2.37. The number of rotatable bonds is 8. The van der Waals surface area contributed by atoms with Gasteiger partial charge in [0.1, 0.15) is 5.75 Å². The number of amides is 1. The molecular formula is C28H35N5O5. The van der Waals surface area contributed by atoms with E-state index in [0.29, 0.717) is 22.7 Å². The number of nitrogens with one attached hydrogen (secondary N) is 1. The van der Waals surface area contributed by atoms with Crippen LogP contribution in [0.4, 0.5) is 5.69 Å².